The number of hydrogen-bond acceptors (Lipinski definition) is 2. The SMILES string of the molecule is Cc1ccc(-c2cccc(-c3cccc(-c4ccc(N(C)c5ccc(OCCCCc6ccc7c(c6)CC7)cc5)cc4)c3)c2)cc1. The fourth-order valence-electron chi connectivity index (χ4n) is 6.32. The first kappa shape index (κ1) is 29.6. The first-order valence-corrected chi connectivity index (χ1v) is 16.5. The molecule has 0 fully saturated rings. The van der Waals surface area contributed by atoms with Gasteiger partial charge in [0.2, 0.25) is 0 Å². The first-order chi connectivity index (χ1) is 22.6. The summed E-state index contributed by atoms with van der Waals surface area (Å²) in [6, 6.07) is 50.6. The minimum absolute atomic E-state index is 0.751. The molecule has 6 aromatic rings. The lowest BCUT2D eigenvalue weighted by Crippen LogP contribution is -2.09. The number of hydrogen-bond donors (Lipinski definition) is 0. The van der Waals surface area contributed by atoms with E-state index < -0.39 is 0 Å². The standard InChI is InChI=1S/C44H41NO/c1-32-12-15-34(16-13-32)37-8-5-10-39(30-37)40-11-6-9-38(31-40)36-20-22-42(23-21-36)45(2)43-24-26-44(27-25-43)46-28-4-3-7-33-14-17-35-18-19-41(35)29-33/h5-6,8-17,20-27,29-31H,3-4,7,18-19,28H2,1-2H3. The molecule has 0 atom stereocenters. The lowest BCUT2D eigenvalue weighted by molar-refractivity contribution is 0.307. The van der Waals surface area contributed by atoms with Gasteiger partial charge in [-0.15, -0.1) is 0 Å². The predicted molar refractivity (Wildman–Crippen MR) is 194 cm³/mol. The van der Waals surface area contributed by atoms with Crippen LogP contribution in [0.3, 0.4) is 0 Å². The van der Waals surface area contributed by atoms with Crippen LogP contribution in [-0.4, -0.2) is 13.7 Å². The van der Waals surface area contributed by atoms with Gasteiger partial charge in [-0.25, -0.2) is 0 Å². The molecule has 0 amide bonds. The van der Waals surface area contributed by atoms with E-state index in [9.17, 15) is 0 Å². The molecule has 228 valence electrons. The minimum atomic E-state index is 0.751. The number of nitrogens with zero attached hydrogens (tertiary/aromatic N) is 1. The Kier molecular flexibility index (Phi) is 8.69. The molecule has 0 N–H and O–H groups in total. The average molecular weight is 600 g/mol. The van der Waals surface area contributed by atoms with Crippen molar-refractivity contribution in [2.24, 2.45) is 0 Å². The minimum Gasteiger partial charge on any atom is -0.494 e. The molecule has 0 aromatic heterocycles. The van der Waals surface area contributed by atoms with Crippen LogP contribution in [0.1, 0.15) is 35.1 Å². The van der Waals surface area contributed by atoms with Crippen molar-refractivity contribution in [3.8, 4) is 39.1 Å². The average Bonchev–Trinajstić information content (AvgIpc) is 3.10. The van der Waals surface area contributed by atoms with Gasteiger partial charge in [-0.05, 0) is 138 Å². The highest BCUT2D eigenvalue weighted by atomic mass is 16.5. The molecular formula is C44H41NO. The Hall–Kier alpha value is -5.08. The monoisotopic (exact) mass is 599 g/mol. The predicted octanol–water partition coefficient (Wildman–Crippen LogP) is 11.3. The summed E-state index contributed by atoms with van der Waals surface area (Å²) in [6.07, 6.45) is 5.86. The Bertz CT molecular complexity index is 1920. The number of benzene rings is 6. The second-order valence-electron chi connectivity index (χ2n) is 12.5. The Morgan fingerprint density at radius 3 is 1.63 bits per heavy atom. The highest BCUT2D eigenvalue weighted by molar-refractivity contribution is 5.78. The van der Waals surface area contributed by atoms with E-state index in [1.54, 1.807) is 5.56 Å². The number of anilines is 2. The summed E-state index contributed by atoms with van der Waals surface area (Å²) in [6.45, 7) is 2.88. The van der Waals surface area contributed by atoms with E-state index in [0.717, 1.165) is 43.0 Å². The molecule has 2 heteroatoms. The molecule has 0 unspecified atom stereocenters. The lowest BCUT2D eigenvalue weighted by atomic mass is 9.86. The number of aryl methyl sites for hydroxylation is 4. The van der Waals surface area contributed by atoms with Crippen LogP contribution in [0.5, 0.6) is 5.75 Å². The van der Waals surface area contributed by atoms with Crippen LogP contribution in [0.15, 0.2) is 140 Å². The van der Waals surface area contributed by atoms with Crippen LogP contribution in [0, 0.1) is 6.92 Å². The maximum Gasteiger partial charge on any atom is 0.119 e. The van der Waals surface area contributed by atoms with Crippen molar-refractivity contribution < 1.29 is 4.74 Å². The summed E-state index contributed by atoms with van der Waals surface area (Å²) in [5, 5.41) is 0. The van der Waals surface area contributed by atoms with E-state index in [-0.39, 0.29) is 0 Å². The van der Waals surface area contributed by atoms with Crippen LogP contribution < -0.4 is 9.64 Å². The van der Waals surface area contributed by atoms with Gasteiger partial charge in [-0.1, -0.05) is 96.6 Å². The van der Waals surface area contributed by atoms with Crippen LogP contribution in [0.25, 0.3) is 33.4 Å². The summed E-state index contributed by atoms with van der Waals surface area (Å²) < 4.78 is 6.06. The number of unbranched alkanes of at least 4 members (excludes halogenated alkanes) is 1. The van der Waals surface area contributed by atoms with Gasteiger partial charge in [0.1, 0.15) is 5.75 Å². The largest absolute Gasteiger partial charge is 0.494 e. The number of ether oxygens (including phenoxy) is 1. The molecule has 7 rings (SSSR count). The van der Waals surface area contributed by atoms with E-state index in [0.29, 0.717) is 0 Å². The molecule has 0 heterocycles. The molecule has 0 radical (unpaired) electrons. The van der Waals surface area contributed by atoms with Crippen LogP contribution in [0.2, 0.25) is 0 Å². The van der Waals surface area contributed by atoms with Gasteiger partial charge >= 0.3 is 0 Å². The third-order valence-electron chi connectivity index (χ3n) is 9.32. The molecule has 0 aliphatic heterocycles. The van der Waals surface area contributed by atoms with Gasteiger partial charge in [-0.2, -0.15) is 0 Å². The van der Waals surface area contributed by atoms with Gasteiger partial charge in [-0.3, -0.25) is 0 Å². The maximum atomic E-state index is 6.06. The fraction of sp³-hybridized carbons (Fsp3) is 0.182. The Morgan fingerprint density at radius 2 is 1.07 bits per heavy atom. The van der Waals surface area contributed by atoms with E-state index in [4.69, 9.17) is 4.74 Å². The van der Waals surface area contributed by atoms with E-state index in [1.165, 1.54) is 62.9 Å². The van der Waals surface area contributed by atoms with Crippen molar-refractivity contribution in [3.63, 3.8) is 0 Å². The smallest absolute Gasteiger partial charge is 0.119 e. The second-order valence-corrected chi connectivity index (χ2v) is 12.5. The quantitative estimate of drug-likeness (QED) is 0.137. The van der Waals surface area contributed by atoms with Crippen molar-refractivity contribution in [2.75, 3.05) is 18.6 Å². The zero-order chi connectivity index (χ0) is 31.3. The van der Waals surface area contributed by atoms with Crippen molar-refractivity contribution in [2.45, 2.75) is 39.0 Å². The zero-order valence-electron chi connectivity index (χ0n) is 26.9. The zero-order valence-corrected chi connectivity index (χ0v) is 26.9. The normalized spacial score (nSPS) is 11.9. The van der Waals surface area contributed by atoms with Crippen molar-refractivity contribution in [3.05, 3.63) is 162 Å². The van der Waals surface area contributed by atoms with Gasteiger partial charge in [0.25, 0.3) is 0 Å². The number of rotatable bonds is 11. The molecular weight excluding hydrogens is 558 g/mol. The molecule has 6 aromatic carbocycles. The summed E-state index contributed by atoms with van der Waals surface area (Å²) in [5.74, 6) is 0.929. The molecule has 0 saturated heterocycles. The highest BCUT2D eigenvalue weighted by Gasteiger charge is 2.12. The Balaban J connectivity index is 0.947. The van der Waals surface area contributed by atoms with E-state index >= 15 is 0 Å². The summed E-state index contributed by atoms with van der Waals surface area (Å²) in [7, 11) is 2.11. The van der Waals surface area contributed by atoms with E-state index in [2.05, 4.69) is 158 Å². The highest BCUT2D eigenvalue weighted by Crippen LogP contribution is 2.32. The van der Waals surface area contributed by atoms with Crippen LogP contribution in [0.4, 0.5) is 11.4 Å². The molecule has 46 heavy (non-hydrogen) atoms. The summed E-state index contributed by atoms with van der Waals surface area (Å²) in [4.78, 5) is 2.22. The molecule has 2 nitrogen and oxygen atoms in total. The summed E-state index contributed by atoms with van der Waals surface area (Å²) in [5.41, 5.74) is 15.5. The molecule has 0 saturated carbocycles. The Labute approximate surface area is 274 Å². The van der Waals surface area contributed by atoms with E-state index in [1.807, 2.05) is 0 Å². The van der Waals surface area contributed by atoms with Crippen molar-refractivity contribution in [1.82, 2.24) is 0 Å². The number of fused-ring (bicyclic) bond motifs is 1. The van der Waals surface area contributed by atoms with Gasteiger partial charge < -0.3 is 9.64 Å². The third-order valence-corrected chi connectivity index (χ3v) is 9.32. The third kappa shape index (κ3) is 6.77. The Morgan fingerprint density at radius 1 is 0.522 bits per heavy atom. The molecule has 1 aliphatic rings. The summed E-state index contributed by atoms with van der Waals surface area (Å²) >= 11 is 0. The van der Waals surface area contributed by atoms with Crippen LogP contribution in [-0.2, 0) is 19.3 Å². The van der Waals surface area contributed by atoms with Gasteiger partial charge in [0.05, 0.1) is 6.61 Å². The topological polar surface area (TPSA) is 12.5 Å². The van der Waals surface area contributed by atoms with Crippen molar-refractivity contribution >= 4 is 11.4 Å². The van der Waals surface area contributed by atoms with Crippen LogP contribution >= 0.6 is 0 Å². The van der Waals surface area contributed by atoms with Gasteiger partial charge in [0, 0.05) is 18.4 Å². The second kappa shape index (κ2) is 13.5. The van der Waals surface area contributed by atoms with Gasteiger partial charge in [0.15, 0.2) is 0 Å². The first-order valence-electron chi connectivity index (χ1n) is 16.5. The molecule has 0 bridgehead atoms. The van der Waals surface area contributed by atoms with Crippen molar-refractivity contribution in [1.29, 1.82) is 0 Å². The lowest BCUT2D eigenvalue weighted by Gasteiger charge is -2.20. The molecule has 0 spiro atoms. The fourth-order valence-corrected chi connectivity index (χ4v) is 6.32. The maximum absolute atomic E-state index is 6.06. The molecule has 1 aliphatic carbocycles.